The second-order valence-corrected chi connectivity index (χ2v) is 4.81. The second-order valence-electron chi connectivity index (χ2n) is 4.81. The van der Waals surface area contributed by atoms with Crippen LogP contribution in [0.1, 0.15) is 48.1 Å². The number of hydrogen-bond acceptors (Lipinski definition) is 3. The number of carbonyl (C=O) groups is 1. The molecule has 80 valence electrons. The van der Waals surface area contributed by atoms with Crippen molar-refractivity contribution in [2.24, 2.45) is 5.41 Å². The molecule has 0 saturated heterocycles. The molecule has 4 heteroatoms. The van der Waals surface area contributed by atoms with Gasteiger partial charge in [0, 0.05) is 17.7 Å². The third kappa shape index (κ3) is 1.71. The van der Waals surface area contributed by atoms with Gasteiger partial charge in [-0.05, 0) is 18.8 Å². The predicted molar refractivity (Wildman–Crippen MR) is 54.9 cm³/mol. The first kappa shape index (κ1) is 10.1. The Morgan fingerprint density at radius 2 is 2.20 bits per heavy atom. The largest absolute Gasteiger partial charge is 0.477 e. The van der Waals surface area contributed by atoms with E-state index in [0.29, 0.717) is 17.3 Å². The van der Waals surface area contributed by atoms with Gasteiger partial charge in [-0.2, -0.15) is 0 Å². The van der Waals surface area contributed by atoms with Crippen LogP contribution in [0.25, 0.3) is 0 Å². The van der Waals surface area contributed by atoms with E-state index in [4.69, 9.17) is 5.11 Å². The van der Waals surface area contributed by atoms with Crippen LogP contribution in [0.4, 0.5) is 0 Å². The summed E-state index contributed by atoms with van der Waals surface area (Å²) >= 11 is 0. The molecule has 1 heterocycles. The number of carboxylic acids is 1. The van der Waals surface area contributed by atoms with Crippen LogP contribution in [0.3, 0.4) is 0 Å². The topological polar surface area (TPSA) is 63.1 Å². The van der Waals surface area contributed by atoms with Gasteiger partial charge in [0.15, 0.2) is 5.69 Å². The molecule has 1 aromatic heterocycles. The average Bonchev–Trinajstić information content (AvgIpc) is 2.75. The van der Waals surface area contributed by atoms with Gasteiger partial charge in [-0.3, -0.25) is 0 Å². The lowest BCUT2D eigenvalue weighted by atomic mass is 10.1. The van der Waals surface area contributed by atoms with Crippen molar-refractivity contribution in [2.75, 3.05) is 0 Å². The summed E-state index contributed by atoms with van der Waals surface area (Å²) in [6.07, 6.45) is 2.63. The number of nitrogens with zero attached hydrogens (tertiary/aromatic N) is 2. The lowest BCUT2D eigenvalue weighted by molar-refractivity contribution is 0.0689. The predicted octanol–water partition coefficient (Wildman–Crippen LogP) is 2.00. The molecule has 15 heavy (non-hydrogen) atoms. The molecule has 0 bridgehead atoms. The molecule has 0 aromatic carbocycles. The van der Waals surface area contributed by atoms with Crippen molar-refractivity contribution in [1.29, 1.82) is 0 Å². The third-order valence-corrected chi connectivity index (χ3v) is 3.02. The zero-order valence-electron chi connectivity index (χ0n) is 9.11. The third-order valence-electron chi connectivity index (χ3n) is 3.02. The number of carboxylic acid groups (broad SMARTS) is 1. The van der Waals surface area contributed by atoms with E-state index in [1.807, 2.05) is 0 Å². The zero-order chi connectivity index (χ0) is 11.2. The molecule has 4 nitrogen and oxygen atoms in total. The van der Waals surface area contributed by atoms with Gasteiger partial charge >= 0.3 is 5.97 Å². The summed E-state index contributed by atoms with van der Waals surface area (Å²) in [5, 5.41) is 8.93. The van der Waals surface area contributed by atoms with Crippen molar-refractivity contribution in [3.63, 3.8) is 0 Å². The highest BCUT2D eigenvalue weighted by atomic mass is 16.4. The van der Waals surface area contributed by atoms with Crippen LogP contribution in [0, 0.1) is 12.3 Å². The minimum atomic E-state index is -0.977. The van der Waals surface area contributed by atoms with E-state index in [0.717, 1.165) is 6.42 Å². The smallest absolute Gasteiger partial charge is 0.354 e. The fourth-order valence-electron chi connectivity index (χ4n) is 1.75. The van der Waals surface area contributed by atoms with E-state index >= 15 is 0 Å². The summed E-state index contributed by atoms with van der Waals surface area (Å²) in [5.41, 5.74) is 0.970. The lowest BCUT2D eigenvalue weighted by Crippen LogP contribution is -2.08. The van der Waals surface area contributed by atoms with Gasteiger partial charge in [0.2, 0.25) is 0 Å². The Balaban J connectivity index is 2.36. The second kappa shape index (κ2) is 3.02. The maximum atomic E-state index is 10.9. The van der Waals surface area contributed by atoms with Crippen LogP contribution in [-0.4, -0.2) is 21.0 Å². The summed E-state index contributed by atoms with van der Waals surface area (Å²) in [4.78, 5) is 19.2. The van der Waals surface area contributed by atoms with Crippen LogP contribution < -0.4 is 0 Å². The van der Waals surface area contributed by atoms with Gasteiger partial charge in [0.25, 0.3) is 0 Å². The van der Waals surface area contributed by atoms with Crippen molar-refractivity contribution in [3.8, 4) is 0 Å². The van der Waals surface area contributed by atoms with Crippen LogP contribution in [0.15, 0.2) is 6.20 Å². The van der Waals surface area contributed by atoms with Crippen LogP contribution in [0.2, 0.25) is 0 Å². The Morgan fingerprint density at radius 1 is 1.60 bits per heavy atom. The van der Waals surface area contributed by atoms with Crippen molar-refractivity contribution in [1.82, 2.24) is 9.97 Å². The van der Waals surface area contributed by atoms with Gasteiger partial charge in [-0.1, -0.05) is 13.8 Å². The Morgan fingerprint density at radius 3 is 2.67 bits per heavy atom. The summed E-state index contributed by atoms with van der Waals surface area (Å²) < 4.78 is 0. The number of aromatic nitrogens is 2. The highest BCUT2D eigenvalue weighted by Gasteiger charge is 2.48. The summed E-state index contributed by atoms with van der Waals surface area (Å²) in [6, 6.07) is 0. The molecule has 2 rings (SSSR count). The van der Waals surface area contributed by atoms with E-state index in [9.17, 15) is 4.79 Å². The molecular formula is C11H14N2O2. The first-order valence-corrected chi connectivity index (χ1v) is 4.98. The molecule has 0 spiro atoms. The Hall–Kier alpha value is -1.45. The SMILES string of the molecule is Cc1cnc(C2CC2(C)C)nc1C(=O)O. The standard InChI is InChI=1S/C11H14N2O2/c1-6-5-12-9(7-4-11(7,2)3)13-8(6)10(14)15/h5,7H,4H2,1-3H3,(H,14,15). The van der Waals surface area contributed by atoms with Crippen LogP contribution >= 0.6 is 0 Å². The van der Waals surface area contributed by atoms with Gasteiger partial charge in [-0.25, -0.2) is 14.8 Å². The molecule has 1 aliphatic carbocycles. The van der Waals surface area contributed by atoms with E-state index in [1.165, 1.54) is 0 Å². The van der Waals surface area contributed by atoms with Crippen molar-refractivity contribution in [3.05, 3.63) is 23.3 Å². The lowest BCUT2D eigenvalue weighted by Gasteiger charge is -2.04. The normalized spacial score (nSPS) is 22.5. The Labute approximate surface area is 88.4 Å². The maximum Gasteiger partial charge on any atom is 0.354 e. The highest BCUT2D eigenvalue weighted by Crippen LogP contribution is 2.57. The maximum absolute atomic E-state index is 10.9. The average molecular weight is 206 g/mol. The minimum Gasteiger partial charge on any atom is -0.477 e. The Bertz CT molecular complexity index is 427. The fraction of sp³-hybridized carbons (Fsp3) is 0.545. The molecule has 0 aliphatic heterocycles. The van der Waals surface area contributed by atoms with Crippen molar-refractivity contribution >= 4 is 5.97 Å². The number of rotatable bonds is 2. The van der Waals surface area contributed by atoms with E-state index in [1.54, 1.807) is 13.1 Å². The highest BCUT2D eigenvalue weighted by molar-refractivity contribution is 5.86. The van der Waals surface area contributed by atoms with Gasteiger partial charge in [0.05, 0.1) is 0 Å². The molecule has 1 aliphatic rings. The van der Waals surface area contributed by atoms with E-state index in [2.05, 4.69) is 23.8 Å². The molecule has 1 N–H and O–H groups in total. The number of hydrogen-bond donors (Lipinski definition) is 1. The fourth-order valence-corrected chi connectivity index (χ4v) is 1.75. The molecule has 1 aromatic rings. The summed E-state index contributed by atoms with van der Waals surface area (Å²) in [6.45, 7) is 5.99. The Kier molecular flexibility index (Phi) is 2.03. The molecule has 0 amide bonds. The summed E-state index contributed by atoms with van der Waals surface area (Å²) in [7, 11) is 0. The summed E-state index contributed by atoms with van der Waals surface area (Å²) in [5.74, 6) is 0.00815. The molecule has 1 atom stereocenters. The minimum absolute atomic E-state index is 0.128. The van der Waals surface area contributed by atoms with Crippen LogP contribution in [-0.2, 0) is 0 Å². The van der Waals surface area contributed by atoms with Gasteiger partial charge in [0.1, 0.15) is 5.82 Å². The van der Waals surface area contributed by atoms with Crippen molar-refractivity contribution in [2.45, 2.75) is 33.1 Å². The van der Waals surface area contributed by atoms with Crippen molar-refractivity contribution < 1.29 is 9.90 Å². The first-order chi connectivity index (χ1) is 6.92. The number of aromatic carboxylic acids is 1. The van der Waals surface area contributed by atoms with Gasteiger partial charge in [-0.15, -0.1) is 0 Å². The first-order valence-electron chi connectivity index (χ1n) is 4.98. The number of aryl methyl sites for hydroxylation is 1. The van der Waals surface area contributed by atoms with E-state index in [-0.39, 0.29) is 11.1 Å². The molecule has 1 unspecified atom stereocenters. The zero-order valence-corrected chi connectivity index (χ0v) is 9.11. The van der Waals surface area contributed by atoms with E-state index < -0.39 is 5.97 Å². The molecule has 0 radical (unpaired) electrons. The molecule has 1 fully saturated rings. The van der Waals surface area contributed by atoms with Gasteiger partial charge < -0.3 is 5.11 Å². The molecule has 1 saturated carbocycles. The van der Waals surface area contributed by atoms with Crippen LogP contribution in [0.5, 0.6) is 0 Å². The monoisotopic (exact) mass is 206 g/mol. The molecular weight excluding hydrogens is 192 g/mol. The quantitative estimate of drug-likeness (QED) is 0.803.